The maximum atomic E-state index is 13.1. The van der Waals surface area contributed by atoms with Gasteiger partial charge in [0.25, 0.3) is 11.8 Å². The Morgan fingerprint density at radius 1 is 0.942 bits per heavy atom. The number of carbonyl (C=O) groups is 4. The maximum Gasteiger partial charge on any atom is 0.422 e. The highest BCUT2D eigenvalue weighted by molar-refractivity contribution is 6.36. The second kappa shape index (κ2) is 17.0. The minimum absolute atomic E-state index is 0.0211. The van der Waals surface area contributed by atoms with E-state index in [4.69, 9.17) is 21.1 Å². The summed E-state index contributed by atoms with van der Waals surface area (Å²) < 4.78 is 48.4. The van der Waals surface area contributed by atoms with E-state index in [0.29, 0.717) is 36.0 Å². The van der Waals surface area contributed by atoms with E-state index < -0.39 is 53.9 Å². The molecule has 17 heteroatoms. The van der Waals surface area contributed by atoms with Crippen LogP contribution >= 0.6 is 11.6 Å². The molecule has 2 aliphatic carbocycles. The molecule has 1 atom stereocenters. The average Bonchev–Trinajstić information content (AvgIpc) is 3.91. The van der Waals surface area contributed by atoms with Crippen molar-refractivity contribution in [3.63, 3.8) is 0 Å². The summed E-state index contributed by atoms with van der Waals surface area (Å²) in [6, 6.07) is 11.2. The van der Waals surface area contributed by atoms with E-state index in [1.807, 2.05) is 12.1 Å². The fourth-order valence-electron chi connectivity index (χ4n) is 5.86. The lowest BCUT2D eigenvalue weighted by atomic mass is 9.89. The fraction of sp³-hybridized carbons (Fsp3) is 0.457. The van der Waals surface area contributed by atoms with Crippen molar-refractivity contribution in [3.05, 3.63) is 64.7 Å². The van der Waals surface area contributed by atoms with Crippen LogP contribution in [0.3, 0.4) is 0 Å². The largest absolute Gasteiger partial charge is 0.467 e. The predicted molar refractivity (Wildman–Crippen MR) is 184 cm³/mol. The van der Waals surface area contributed by atoms with Crippen LogP contribution in [-0.2, 0) is 24.7 Å². The first kappa shape index (κ1) is 38.2. The van der Waals surface area contributed by atoms with Crippen molar-refractivity contribution in [2.45, 2.75) is 75.5 Å². The van der Waals surface area contributed by atoms with Gasteiger partial charge in [0.05, 0.1) is 12.6 Å². The summed E-state index contributed by atoms with van der Waals surface area (Å²) in [6.07, 6.45) is 1.76. The van der Waals surface area contributed by atoms with E-state index in [0.717, 1.165) is 38.4 Å². The Balaban J connectivity index is 1.21. The van der Waals surface area contributed by atoms with Crippen LogP contribution in [0.2, 0.25) is 5.02 Å². The Bertz CT molecular complexity index is 1730. The Morgan fingerprint density at radius 2 is 1.62 bits per heavy atom. The Kier molecular flexibility index (Phi) is 12.5. The van der Waals surface area contributed by atoms with Crippen molar-refractivity contribution < 1.29 is 41.8 Å². The van der Waals surface area contributed by atoms with Crippen molar-refractivity contribution in [1.29, 1.82) is 0 Å². The SMILES string of the molecule is COC(=O)[C@H](CCC(=O)C(=O)NCC1CCCCC1)NC(=O)c1ccc(Nc2nc(NC3(c4ccc(Cl)cc4)CC3)nc(OCC(F)(F)F)n2)cc1. The zero-order valence-corrected chi connectivity index (χ0v) is 29.1. The normalized spacial score (nSPS) is 15.9. The molecule has 0 unspecified atom stereocenters. The summed E-state index contributed by atoms with van der Waals surface area (Å²) in [6.45, 7) is -1.19. The molecule has 2 saturated carbocycles. The molecule has 4 N–H and O–H groups in total. The van der Waals surface area contributed by atoms with Gasteiger partial charge in [-0.2, -0.15) is 28.1 Å². The molecule has 0 aliphatic heterocycles. The molecule has 2 amide bonds. The van der Waals surface area contributed by atoms with E-state index in [9.17, 15) is 32.3 Å². The van der Waals surface area contributed by atoms with E-state index in [-0.39, 0.29) is 30.3 Å². The molecular weight excluding hydrogens is 707 g/mol. The summed E-state index contributed by atoms with van der Waals surface area (Å²) in [5, 5.41) is 11.8. The molecule has 1 heterocycles. The molecule has 278 valence electrons. The monoisotopic (exact) mass is 745 g/mol. The van der Waals surface area contributed by atoms with Crippen LogP contribution in [0, 0.1) is 5.92 Å². The van der Waals surface area contributed by atoms with Crippen LogP contribution < -0.4 is 26.0 Å². The number of hydrogen-bond acceptors (Lipinski definition) is 11. The third-order valence-corrected chi connectivity index (χ3v) is 9.11. The molecular formula is C35H39ClF3N7O6. The third kappa shape index (κ3) is 11.0. The molecule has 2 fully saturated rings. The molecule has 5 rings (SSSR count). The molecule has 0 radical (unpaired) electrons. The van der Waals surface area contributed by atoms with Crippen LogP contribution in [0.5, 0.6) is 6.01 Å². The number of aromatic nitrogens is 3. The first-order valence-electron chi connectivity index (χ1n) is 16.9. The lowest BCUT2D eigenvalue weighted by Gasteiger charge is -2.21. The quantitative estimate of drug-likeness (QED) is 0.106. The molecule has 0 bridgehead atoms. The van der Waals surface area contributed by atoms with Crippen LogP contribution in [0.4, 0.5) is 30.8 Å². The number of nitrogens with zero attached hydrogens (tertiary/aromatic N) is 3. The number of hydrogen-bond donors (Lipinski definition) is 4. The van der Waals surface area contributed by atoms with Gasteiger partial charge in [-0.05, 0) is 80.0 Å². The smallest absolute Gasteiger partial charge is 0.422 e. The Labute approximate surface area is 302 Å². The van der Waals surface area contributed by atoms with Crippen LogP contribution in [-0.4, -0.2) is 71.0 Å². The number of methoxy groups -OCH3 is 1. The van der Waals surface area contributed by atoms with Gasteiger partial charge in [-0.15, -0.1) is 0 Å². The van der Waals surface area contributed by atoms with Gasteiger partial charge in [-0.25, -0.2) is 4.79 Å². The maximum absolute atomic E-state index is 13.1. The van der Waals surface area contributed by atoms with E-state index >= 15 is 0 Å². The Hall–Kier alpha value is -4.99. The summed E-state index contributed by atoms with van der Waals surface area (Å²) in [5.74, 6) is -2.66. The number of ether oxygens (including phenoxy) is 2. The van der Waals surface area contributed by atoms with E-state index in [1.165, 1.54) is 30.7 Å². The predicted octanol–water partition coefficient (Wildman–Crippen LogP) is 5.63. The number of benzene rings is 2. The highest BCUT2D eigenvalue weighted by Gasteiger charge is 2.45. The standard InChI is InChI=1S/C35H39ClF3N7O6/c1-51-30(50)26(15-16-27(47)29(49)40-19-21-5-3-2-4-6-21)42-28(48)22-7-13-25(14-8-22)41-31-43-32(45-33(44-31)52-20-35(37,38)39)46-34(17-18-34)23-9-11-24(36)12-10-23/h7-14,21,26H,2-6,15-20H2,1H3,(H,40,49)(H,42,48)(H2,41,43,44,45,46)/t26-/m0/s1. The second-order valence-electron chi connectivity index (χ2n) is 12.8. The van der Waals surface area contributed by atoms with Gasteiger partial charge in [0, 0.05) is 29.2 Å². The van der Waals surface area contributed by atoms with Gasteiger partial charge >= 0.3 is 18.2 Å². The zero-order chi connectivity index (χ0) is 37.3. The van der Waals surface area contributed by atoms with Gasteiger partial charge < -0.3 is 30.7 Å². The lowest BCUT2D eigenvalue weighted by Crippen LogP contribution is -2.42. The molecule has 0 saturated heterocycles. The van der Waals surface area contributed by atoms with Crippen LogP contribution in [0.15, 0.2) is 48.5 Å². The molecule has 2 aliphatic rings. The average molecular weight is 746 g/mol. The fourth-order valence-corrected chi connectivity index (χ4v) is 5.98. The number of halogens is 4. The summed E-state index contributed by atoms with van der Waals surface area (Å²) in [5.41, 5.74) is 0.857. The van der Waals surface area contributed by atoms with Gasteiger partial charge in [-0.3, -0.25) is 14.4 Å². The third-order valence-electron chi connectivity index (χ3n) is 8.86. The van der Waals surface area contributed by atoms with Gasteiger partial charge in [0.1, 0.15) is 6.04 Å². The minimum atomic E-state index is -4.63. The number of rotatable bonds is 16. The highest BCUT2D eigenvalue weighted by Crippen LogP contribution is 2.48. The second-order valence-corrected chi connectivity index (χ2v) is 13.2. The minimum Gasteiger partial charge on any atom is -0.467 e. The number of anilines is 3. The number of nitrogens with one attached hydrogen (secondary N) is 4. The summed E-state index contributed by atoms with van der Waals surface area (Å²) in [7, 11) is 1.14. The number of ketones is 1. The first-order valence-corrected chi connectivity index (χ1v) is 17.3. The molecule has 3 aromatic rings. The molecule has 0 spiro atoms. The van der Waals surface area contributed by atoms with E-state index in [1.54, 1.807) is 12.1 Å². The number of Topliss-reactive ketones (excluding diaryl/α,β-unsaturated/α-hetero) is 1. The summed E-state index contributed by atoms with van der Waals surface area (Å²) in [4.78, 5) is 62.7. The molecule has 52 heavy (non-hydrogen) atoms. The number of alkyl halides is 3. The zero-order valence-electron chi connectivity index (χ0n) is 28.4. The summed E-state index contributed by atoms with van der Waals surface area (Å²) >= 11 is 6.03. The van der Waals surface area contributed by atoms with Gasteiger partial charge in [0.15, 0.2) is 6.61 Å². The topological polar surface area (TPSA) is 174 Å². The number of esters is 1. The van der Waals surface area contributed by atoms with Crippen molar-refractivity contribution >= 4 is 52.8 Å². The van der Waals surface area contributed by atoms with Crippen molar-refractivity contribution in [1.82, 2.24) is 25.6 Å². The molecule has 2 aromatic carbocycles. The van der Waals surface area contributed by atoms with Gasteiger partial charge in [-0.1, -0.05) is 43.0 Å². The number of amides is 2. The van der Waals surface area contributed by atoms with Crippen molar-refractivity contribution in [3.8, 4) is 6.01 Å². The van der Waals surface area contributed by atoms with E-state index in [2.05, 4.69) is 36.2 Å². The van der Waals surface area contributed by atoms with Crippen molar-refractivity contribution in [2.75, 3.05) is 30.9 Å². The van der Waals surface area contributed by atoms with Crippen LogP contribution in [0.1, 0.15) is 73.7 Å². The van der Waals surface area contributed by atoms with Crippen molar-refractivity contribution in [2.24, 2.45) is 5.92 Å². The number of carbonyl (C=O) groups excluding carboxylic acids is 4. The lowest BCUT2D eigenvalue weighted by molar-refractivity contribution is -0.154. The van der Waals surface area contributed by atoms with Crippen LogP contribution in [0.25, 0.3) is 0 Å². The van der Waals surface area contributed by atoms with Gasteiger partial charge in [0.2, 0.25) is 17.7 Å². The molecule has 1 aromatic heterocycles. The highest BCUT2D eigenvalue weighted by atomic mass is 35.5. The molecule has 13 nitrogen and oxygen atoms in total. The Morgan fingerprint density at radius 3 is 2.25 bits per heavy atom. The first-order chi connectivity index (χ1) is 24.8.